The molecule has 8 atom stereocenters. The molecule has 1 N–H and O–H groups in total. The van der Waals surface area contributed by atoms with Crippen molar-refractivity contribution in [2.45, 2.75) is 96.8 Å². The summed E-state index contributed by atoms with van der Waals surface area (Å²) in [4.78, 5) is 0. The van der Waals surface area contributed by atoms with Gasteiger partial charge in [0.2, 0.25) is 0 Å². The minimum absolute atomic E-state index is 0.241. The Morgan fingerprint density at radius 3 is 2.58 bits per heavy atom. The maximum atomic E-state index is 13.3. The highest BCUT2D eigenvalue weighted by Crippen LogP contribution is 2.60. The zero-order valence-corrected chi connectivity index (χ0v) is 21.9. The van der Waals surface area contributed by atoms with Gasteiger partial charge in [-0.2, -0.15) is 0 Å². The Balaban J connectivity index is 1.39. The van der Waals surface area contributed by atoms with Crippen LogP contribution in [0.3, 0.4) is 0 Å². The normalized spacial score (nSPS) is 43.7. The fourth-order valence-corrected chi connectivity index (χ4v) is 10.4. The van der Waals surface area contributed by atoms with Crippen LogP contribution in [0.15, 0.2) is 34.9 Å². The smallest absolute Gasteiger partial charge is 0.164 e. The standard InChI is InChI=1S/C29H44O3S/c1-18-14-20(3)24-17-33(31,32)28(23(24)15-18)16-22-6-5-13-29(4)25(10-11-26(22)29)19(2)7-12-27(30)21-8-9-21/h7,12,16,18-21,25-28,30H,5-6,8-11,13-15,17H2,1-4H3/b12-7+,22-16+/t18-,19+,20-,25-,26-,27+,28?,29+/m0/s1. The van der Waals surface area contributed by atoms with Crippen molar-refractivity contribution < 1.29 is 13.5 Å². The van der Waals surface area contributed by atoms with Gasteiger partial charge in [0.15, 0.2) is 9.84 Å². The molecule has 0 radical (unpaired) electrons. The summed E-state index contributed by atoms with van der Waals surface area (Å²) >= 11 is 0. The van der Waals surface area contributed by atoms with Crippen molar-refractivity contribution in [3.8, 4) is 0 Å². The van der Waals surface area contributed by atoms with Crippen LogP contribution >= 0.6 is 0 Å². The van der Waals surface area contributed by atoms with E-state index < -0.39 is 9.84 Å². The monoisotopic (exact) mass is 472 g/mol. The fourth-order valence-electron chi connectivity index (χ4n) is 8.27. The molecule has 33 heavy (non-hydrogen) atoms. The lowest BCUT2D eigenvalue weighted by Crippen LogP contribution is -2.36. The van der Waals surface area contributed by atoms with Gasteiger partial charge in [-0.05, 0) is 104 Å². The first kappa shape index (κ1) is 23.9. The zero-order chi connectivity index (χ0) is 23.5. The van der Waals surface area contributed by atoms with E-state index in [1.165, 1.54) is 42.4 Å². The van der Waals surface area contributed by atoms with E-state index in [1.54, 1.807) is 0 Å². The highest BCUT2D eigenvalue weighted by Gasteiger charge is 2.51. The third-order valence-corrected chi connectivity index (χ3v) is 12.1. The van der Waals surface area contributed by atoms with E-state index in [1.807, 2.05) is 0 Å². The van der Waals surface area contributed by atoms with Crippen LogP contribution in [0.1, 0.15) is 85.5 Å². The molecule has 0 aromatic heterocycles. The molecule has 0 aromatic rings. The molecule has 3 saturated carbocycles. The average molecular weight is 473 g/mol. The molecule has 4 heteroatoms. The largest absolute Gasteiger partial charge is 0.389 e. The Kier molecular flexibility index (Phi) is 6.26. The lowest BCUT2D eigenvalue weighted by Gasteiger charge is -2.44. The Bertz CT molecular complexity index is 969. The maximum Gasteiger partial charge on any atom is 0.164 e. The Morgan fingerprint density at radius 1 is 1.09 bits per heavy atom. The van der Waals surface area contributed by atoms with Gasteiger partial charge in [0, 0.05) is 0 Å². The van der Waals surface area contributed by atoms with Gasteiger partial charge in [-0.1, -0.05) is 57.1 Å². The van der Waals surface area contributed by atoms with E-state index in [-0.39, 0.29) is 16.8 Å². The van der Waals surface area contributed by atoms with Gasteiger partial charge < -0.3 is 5.11 Å². The van der Waals surface area contributed by atoms with E-state index in [4.69, 9.17) is 0 Å². The number of fused-ring (bicyclic) bond motifs is 1. The summed E-state index contributed by atoms with van der Waals surface area (Å²) in [5.74, 6) is 3.35. The summed E-state index contributed by atoms with van der Waals surface area (Å²) in [6, 6.07) is 0. The molecule has 1 unspecified atom stereocenters. The van der Waals surface area contributed by atoms with Crippen LogP contribution in [0.2, 0.25) is 0 Å². The summed E-state index contributed by atoms with van der Waals surface area (Å²) in [6.07, 6.45) is 16.6. The van der Waals surface area contributed by atoms with E-state index >= 15 is 0 Å². The van der Waals surface area contributed by atoms with Crippen LogP contribution in [0, 0.1) is 40.9 Å². The van der Waals surface area contributed by atoms with E-state index in [0.29, 0.717) is 41.3 Å². The van der Waals surface area contributed by atoms with Crippen molar-refractivity contribution >= 4 is 9.84 Å². The molecule has 0 bridgehead atoms. The number of hydrogen-bond donors (Lipinski definition) is 1. The molecule has 0 amide bonds. The summed E-state index contributed by atoms with van der Waals surface area (Å²) in [5.41, 5.74) is 4.17. The molecule has 0 saturated heterocycles. The Hall–Kier alpha value is -0.870. The van der Waals surface area contributed by atoms with Crippen molar-refractivity contribution in [3.63, 3.8) is 0 Å². The number of aliphatic hydroxyl groups is 1. The second kappa shape index (κ2) is 8.66. The van der Waals surface area contributed by atoms with Gasteiger partial charge in [-0.25, -0.2) is 8.42 Å². The Morgan fingerprint density at radius 2 is 1.85 bits per heavy atom. The van der Waals surface area contributed by atoms with Gasteiger partial charge in [-0.15, -0.1) is 0 Å². The molecule has 3 fully saturated rings. The molecular formula is C29H44O3S. The van der Waals surface area contributed by atoms with Gasteiger partial charge in [0.25, 0.3) is 0 Å². The van der Waals surface area contributed by atoms with Gasteiger partial charge in [-0.3, -0.25) is 0 Å². The highest BCUT2D eigenvalue weighted by molar-refractivity contribution is 7.92. The predicted octanol–water partition coefficient (Wildman–Crippen LogP) is 6.25. The van der Waals surface area contributed by atoms with Crippen molar-refractivity contribution in [1.82, 2.24) is 0 Å². The zero-order valence-electron chi connectivity index (χ0n) is 21.1. The van der Waals surface area contributed by atoms with Gasteiger partial charge in [0.1, 0.15) is 5.25 Å². The quantitative estimate of drug-likeness (QED) is 0.481. The summed E-state index contributed by atoms with van der Waals surface area (Å²) in [7, 11) is -3.11. The van der Waals surface area contributed by atoms with E-state index in [9.17, 15) is 13.5 Å². The van der Waals surface area contributed by atoms with Gasteiger partial charge in [0.05, 0.1) is 11.9 Å². The third kappa shape index (κ3) is 4.33. The average Bonchev–Trinajstić information content (AvgIpc) is 3.48. The first-order valence-corrected chi connectivity index (χ1v) is 15.3. The van der Waals surface area contributed by atoms with Crippen molar-refractivity contribution in [1.29, 1.82) is 0 Å². The highest BCUT2D eigenvalue weighted by atomic mass is 32.2. The molecule has 184 valence electrons. The number of rotatable bonds is 5. The van der Waals surface area contributed by atoms with Crippen molar-refractivity contribution in [3.05, 3.63) is 34.9 Å². The molecule has 1 heterocycles. The topological polar surface area (TPSA) is 54.4 Å². The van der Waals surface area contributed by atoms with Crippen LogP contribution in [0.4, 0.5) is 0 Å². The van der Waals surface area contributed by atoms with Crippen LogP contribution < -0.4 is 0 Å². The molecule has 1 aliphatic heterocycles. The molecule has 5 rings (SSSR count). The number of aliphatic hydroxyl groups excluding tert-OH is 1. The van der Waals surface area contributed by atoms with Crippen LogP contribution in [-0.4, -0.2) is 30.6 Å². The molecule has 0 spiro atoms. The fraction of sp³-hybridized carbons (Fsp3) is 0.793. The molecule has 0 aromatic carbocycles. The van der Waals surface area contributed by atoms with Crippen LogP contribution in [0.25, 0.3) is 0 Å². The minimum atomic E-state index is -3.11. The van der Waals surface area contributed by atoms with Crippen LogP contribution in [0.5, 0.6) is 0 Å². The minimum Gasteiger partial charge on any atom is -0.389 e. The van der Waals surface area contributed by atoms with E-state index in [0.717, 1.165) is 32.1 Å². The number of allylic oxidation sites excluding steroid dienone is 2. The van der Waals surface area contributed by atoms with Crippen LogP contribution in [-0.2, 0) is 9.84 Å². The predicted molar refractivity (Wildman–Crippen MR) is 135 cm³/mol. The lowest BCUT2D eigenvalue weighted by atomic mass is 9.61. The summed E-state index contributed by atoms with van der Waals surface area (Å²) in [5, 5.41) is 9.94. The first-order valence-electron chi connectivity index (χ1n) is 13.6. The molecule has 4 aliphatic carbocycles. The first-order chi connectivity index (χ1) is 15.6. The maximum absolute atomic E-state index is 13.3. The van der Waals surface area contributed by atoms with E-state index in [2.05, 4.69) is 45.9 Å². The summed E-state index contributed by atoms with van der Waals surface area (Å²) in [6.45, 7) is 9.31. The van der Waals surface area contributed by atoms with Crippen molar-refractivity contribution in [2.24, 2.45) is 40.9 Å². The second-order valence-electron chi connectivity index (χ2n) is 12.6. The lowest BCUT2D eigenvalue weighted by molar-refractivity contribution is 0.111. The number of hydrogen-bond acceptors (Lipinski definition) is 3. The molecule has 3 nitrogen and oxygen atoms in total. The Labute approximate surface area is 201 Å². The second-order valence-corrected chi connectivity index (χ2v) is 14.8. The molecule has 5 aliphatic rings. The number of sulfone groups is 1. The molecular weight excluding hydrogens is 428 g/mol. The van der Waals surface area contributed by atoms with Gasteiger partial charge >= 0.3 is 0 Å². The van der Waals surface area contributed by atoms with Crippen molar-refractivity contribution in [2.75, 3.05) is 5.75 Å². The third-order valence-electron chi connectivity index (χ3n) is 10.2. The SMILES string of the molecule is C[C@@H]1CC2=C(CS(=O)(=O)C2/C=C2\CCC[C@@]3(C)[C@H]2CC[C@H]3[C@H](C)/C=C/[C@@H](O)C2CC2)[C@@H](C)C1. The summed E-state index contributed by atoms with van der Waals surface area (Å²) < 4.78 is 26.6.